The van der Waals surface area contributed by atoms with Gasteiger partial charge in [-0.15, -0.1) is 0 Å². The standard InChI is InChI=1S/C7H12N/c1-8(6-2-3-6)7-4-5-7/h6-7H,1-5H2. The van der Waals surface area contributed by atoms with E-state index in [1.165, 1.54) is 25.7 Å². The highest BCUT2D eigenvalue weighted by molar-refractivity contribution is 4.94. The maximum atomic E-state index is 4.00. The first-order valence-electron chi connectivity index (χ1n) is 3.47. The smallest absolute Gasteiger partial charge is 0.0115 e. The molecule has 0 unspecified atom stereocenters. The lowest BCUT2D eigenvalue weighted by molar-refractivity contribution is 0.350. The molecule has 1 nitrogen and oxygen atoms in total. The van der Waals surface area contributed by atoms with Crippen LogP contribution in [0.1, 0.15) is 25.7 Å². The molecule has 0 aromatic heterocycles. The van der Waals surface area contributed by atoms with E-state index in [9.17, 15) is 0 Å². The molecule has 0 saturated heterocycles. The number of rotatable bonds is 2. The van der Waals surface area contributed by atoms with Gasteiger partial charge in [-0.25, -0.2) is 0 Å². The molecule has 2 rings (SSSR count). The first-order valence-corrected chi connectivity index (χ1v) is 3.47. The second-order valence-electron chi connectivity index (χ2n) is 2.98. The summed E-state index contributed by atoms with van der Waals surface area (Å²) in [5.74, 6) is 0. The number of hydrogen-bond acceptors (Lipinski definition) is 1. The Labute approximate surface area is 50.7 Å². The highest BCUT2D eigenvalue weighted by Crippen LogP contribution is 2.35. The van der Waals surface area contributed by atoms with E-state index >= 15 is 0 Å². The van der Waals surface area contributed by atoms with E-state index in [1.807, 2.05) is 0 Å². The molecule has 2 fully saturated rings. The molecule has 0 heterocycles. The third kappa shape index (κ3) is 0.752. The van der Waals surface area contributed by atoms with E-state index in [0.29, 0.717) is 0 Å². The minimum absolute atomic E-state index is 0.877. The molecular weight excluding hydrogens is 98.1 g/mol. The molecule has 0 aliphatic heterocycles. The summed E-state index contributed by atoms with van der Waals surface area (Å²) in [4.78, 5) is 2.31. The van der Waals surface area contributed by atoms with E-state index in [-0.39, 0.29) is 0 Å². The van der Waals surface area contributed by atoms with Crippen molar-refractivity contribution in [3.05, 3.63) is 7.05 Å². The van der Waals surface area contributed by atoms with Gasteiger partial charge in [-0.05, 0) is 25.7 Å². The van der Waals surface area contributed by atoms with Gasteiger partial charge in [0.15, 0.2) is 0 Å². The van der Waals surface area contributed by atoms with Gasteiger partial charge in [-0.2, -0.15) is 0 Å². The van der Waals surface area contributed by atoms with Crippen LogP contribution in [-0.2, 0) is 0 Å². The van der Waals surface area contributed by atoms with Gasteiger partial charge in [0.2, 0.25) is 0 Å². The minimum atomic E-state index is 0.877. The maximum absolute atomic E-state index is 4.00. The second-order valence-corrected chi connectivity index (χ2v) is 2.98. The summed E-state index contributed by atoms with van der Waals surface area (Å²) in [6.07, 6.45) is 5.61. The van der Waals surface area contributed by atoms with Crippen molar-refractivity contribution in [1.82, 2.24) is 4.90 Å². The largest absolute Gasteiger partial charge is 0.296 e. The molecule has 0 amide bonds. The Morgan fingerprint density at radius 1 is 1.00 bits per heavy atom. The van der Waals surface area contributed by atoms with Crippen LogP contribution >= 0.6 is 0 Å². The van der Waals surface area contributed by atoms with Crippen molar-refractivity contribution in [3.63, 3.8) is 0 Å². The fourth-order valence-electron chi connectivity index (χ4n) is 1.11. The quantitative estimate of drug-likeness (QED) is 0.519. The minimum Gasteiger partial charge on any atom is -0.296 e. The van der Waals surface area contributed by atoms with Crippen LogP contribution in [0.25, 0.3) is 0 Å². The van der Waals surface area contributed by atoms with Crippen molar-refractivity contribution in [2.45, 2.75) is 37.8 Å². The zero-order chi connectivity index (χ0) is 5.56. The molecule has 2 saturated carbocycles. The summed E-state index contributed by atoms with van der Waals surface area (Å²) in [5.41, 5.74) is 0. The van der Waals surface area contributed by atoms with Crippen molar-refractivity contribution in [2.24, 2.45) is 0 Å². The lowest BCUT2D eigenvalue weighted by Gasteiger charge is -2.12. The summed E-state index contributed by atoms with van der Waals surface area (Å²) in [6.45, 7) is 0. The molecule has 2 aliphatic carbocycles. The SMILES string of the molecule is [CH2]N(C1CC1)C1CC1. The molecule has 1 heteroatoms. The van der Waals surface area contributed by atoms with Gasteiger partial charge in [-0.3, -0.25) is 4.90 Å². The summed E-state index contributed by atoms with van der Waals surface area (Å²) in [6, 6.07) is 1.75. The predicted octanol–water partition coefficient (Wildman–Crippen LogP) is 1.40. The molecule has 8 heavy (non-hydrogen) atoms. The van der Waals surface area contributed by atoms with Crippen LogP contribution in [0.3, 0.4) is 0 Å². The average Bonchev–Trinajstić information content (AvgIpc) is 2.63. The Morgan fingerprint density at radius 3 is 1.62 bits per heavy atom. The van der Waals surface area contributed by atoms with Crippen LogP contribution in [-0.4, -0.2) is 17.0 Å². The molecule has 2 aliphatic rings. The first-order chi connectivity index (χ1) is 3.88. The summed E-state index contributed by atoms with van der Waals surface area (Å²) >= 11 is 0. The van der Waals surface area contributed by atoms with E-state index in [4.69, 9.17) is 0 Å². The van der Waals surface area contributed by atoms with Crippen LogP contribution in [0.4, 0.5) is 0 Å². The van der Waals surface area contributed by atoms with Crippen LogP contribution in [0, 0.1) is 7.05 Å². The Bertz CT molecular complexity index is 80.6. The molecule has 45 valence electrons. The van der Waals surface area contributed by atoms with Gasteiger partial charge < -0.3 is 0 Å². The van der Waals surface area contributed by atoms with E-state index in [2.05, 4.69) is 11.9 Å². The third-order valence-electron chi connectivity index (χ3n) is 2.03. The van der Waals surface area contributed by atoms with Gasteiger partial charge in [0.1, 0.15) is 0 Å². The lowest BCUT2D eigenvalue weighted by atomic mass is 10.5. The molecule has 0 spiro atoms. The van der Waals surface area contributed by atoms with Crippen LogP contribution in [0.2, 0.25) is 0 Å². The highest BCUT2D eigenvalue weighted by Gasteiger charge is 2.36. The zero-order valence-corrected chi connectivity index (χ0v) is 5.14. The molecule has 0 bridgehead atoms. The first kappa shape index (κ1) is 4.80. The van der Waals surface area contributed by atoms with Crippen LogP contribution < -0.4 is 0 Å². The molecule has 0 atom stereocenters. The molecule has 0 aromatic carbocycles. The third-order valence-corrected chi connectivity index (χ3v) is 2.03. The predicted molar refractivity (Wildman–Crippen MR) is 33.2 cm³/mol. The molecule has 0 aromatic rings. The maximum Gasteiger partial charge on any atom is 0.0115 e. The fourth-order valence-corrected chi connectivity index (χ4v) is 1.11. The summed E-state index contributed by atoms with van der Waals surface area (Å²) in [5, 5.41) is 0. The van der Waals surface area contributed by atoms with Gasteiger partial charge in [0.05, 0.1) is 0 Å². The van der Waals surface area contributed by atoms with Crippen LogP contribution in [0.15, 0.2) is 0 Å². The van der Waals surface area contributed by atoms with E-state index in [1.54, 1.807) is 0 Å². The summed E-state index contributed by atoms with van der Waals surface area (Å²) < 4.78 is 0. The summed E-state index contributed by atoms with van der Waals surface area (Å²) in [7, 11) is 4.00. The van der Waals surface area contributed by atoms with Crippen molar-refractivity contribution in [3.8, 4) is 0 Å². The zero-order valence-electron chi connectivity index (χ0n) is 5.14. The van der Waals surface area contributed by atoms with Crippen molar-refractivity contribution >= 4 is 0 Å². The normalized spacial score (nSPS) is 29.2. The van der Waals surface area contributed by atoms with Gasteiger partial charge in [0.25, 0.3) is 0 Å². The monoisotopic (exact) mass is 110 g/mol. The lowest BCUT2D eigenvalue weighted by Crippen LogP contribution is -2.19. The molecule has 0 N–H and O–H groups in total. The van der Waals surface area contributed by atoms with Crippen LogP contribution in [0.5, 0.6) is 0 Å². The molecular formula is C7H12N. The van der Waals surface area contributed by atoms with Crippen molar-refractivity contribution < 1.29 is 0 Å². The Kier molecular flexibility index (Phi) is 0.884. The number of hydrogen-bond donors (Lipinski definition) is 0. The van der Waals surface area contributed by atoms with Gasteiger partial charge in [0, 0.05) is 19.1 Å². The second kappa shape index (κ2) is 1.47. The van der Waals surface area contributed by atoms with Crippen molar-refractivity contribution in [1.29, 1.82) is 0 Å². The van der Waals surface area contributed by atoms with Gasteiger partial charge in [-0.1, -0.05) is 0 Å². The highest BCUT2D eigenvalue weighted by atomic mass is 15.2. The Morgan fingerprint density at radius 2 is 1.38 bits per heavy atom. The van der Waals surface area contributed by atoms with E-state index < -0.39 is 0 Å². The van der Waals surface area contributed by atoms with Gasteiger partial charge >= 0.3 is 0 Å². The van der Waals surface area contributed by atoms with E-state index in [0.717, 1.165) is 12.1 Å². The molecule has 1 radical (unpaired) electrons. The van der Waals surface area contributed by atoms with Crippen molar-refractivity contribution in [2.75, 3.05) is 0 Å². The topological polar surface area (TPSA) is 3.24 Å². The Balaban J connectivity index is 1.84. The Hall–Kier alpha value is -0.0400. The number of nitrogens with zero attached hydrogens (tertiary/aromatic N) is 1. The average molecular weight is 110 g/mol. The fraction of sp³-hybridized carbons (Fsp3) is 0.857.